The number of ether oxygens (including phenoxy) is 3. The van der Waals surface area contributed by atoms with Gasteiger partial charge in [0.25, 0.3) is 5.69 Å². The Morgan fingerprint density at radius 2 is 1.92 bits per heavy atom. The minimum absolute atomic E-state index is 0.0408. The van der Waals surface area contributed by atoms with Crippen LogP contribution in [-0.4, -0.2) is 17.7 Å². The van der Waals surface area contributed by atoms with Gasteiger partial charge >= 0.3 is 5.97 Å². The molecule has 2 aromatic rings. The second kappa shape index (κ2) is 6.81. The fourth-order valence-electron chi connectivity index (χ4n) is 2.39. The number of fused-ring (bicyclic) bond motifs is 1. The maximum Gasteiger partial charge on any atom is 0.338 e. The van der Waals surface area contributed by atoms with Crippen LogP contribution in [0, 0.1) is 21.7 Å². The first kappa shape index (κ1) is 16.8. The highest BCUT2D eigenvalue weighted by atomic mass is 19.1. The van der Waals surface area contributed by atoms with E-state index in [0.717, 1.165) is 12.1 Å². The Bertz CT molecular complexity index is 835. The predicted molar refractivity (Wildman–Crippen MR) is 78.9 cm³/mol. The molecule has 7 nitrogen and oxygen atoms in total. The Labute approximate surface area is 139 Å². The van der Waals surface area contributed by atoms with Crippen molar-refractivity contribution >= 4 is 11.7 Å². The number of carbonyl (C=O) groups excluding carboxylic acids is 1. The van der Waals surface area contributed by atoms with Crippen LogP contribution in [0.15, 0.2) is 30.3 Å². The van der Waals surface area contributed by atoms with Gasteiger partial charge in [-0.05, 0) is 12.1 Å². The highest BCUT2D eigenvalue weighted by molar-refractivity contribution is 5.89. The summed E-state index contributed by atoms with van der Waals surface area (Å²) in [4.78, 5) is 22.4. The Balaban J connectivity index is 1.83. The second-order valence-electron chi connectivity index (χ2n) is 5.20. The topological polar surface area (TPSA) is 87.9 Å². The molecule has 0 saturated heterocycles. The van der Waals surface area contributed by atoms with Crippen molar-refractivity contribution < 1.29 is 32.7 Å². The molecule has 0 N–H and O–H groups in total. The number of nitro groups is 1. The van der Waals surface area contributed by atoms with Gasteiger partial charge in [0.05, 0.1) is 17.1 Å². The molecule has 1 heterocycles. The normalized spacial score (nSPS) is 12.9. The zero-order valence-corrected chi connectivity index (χ0v) is 12.7. The van der Waals surface area contributed by atoms with E-state index >= 15 is 0 Å². The molecule has 1 aliphatic heterocycles. The smallest absolute Gasteiger partial charge is 0.338 e. The quantitative estimate of drug-likeness (QED) is 0.478. The average molecular weight is 351 g/mol. The van der Waals surface area contributed by atoms with Crippen LogP contribution in [0.5, 0.6) is 5.75 Å². The van der Waals surface area contributed by atoms with Crippen LogP contribution in [-0.2, 0) is 22.7 Å². The minimum atomic E-state index is -0.967. The van der Waals surface area contributed by atoms with Crippen LogP contribution in [0.25, 0.3) is 0 Å². The maximum atomic E-state index is 13.2. The van der Waals surface area contributed by atoms with Crippen molar-refractivity contribution in [1.29, 1.82) is 0 Å². The van der Waals surface area contributed by atoms with Gasteiger partial charge in [-0.15, -0.1) is 0 Å². The van der Waals surface area contributed by atoms with Gasteiger partial charge in [0.1, 0.15) is 24.0 Å². The second-order valence-corrected chi connectivity index (χ2v) is 5.20. The number of carbonyl (C=O) groups is 1. The van der Waals surface area contributed by atoms with E-state index in [2.05, 4.69) is 0 Å². The zero-order chi connectivity index (χ0) is 18.0. The minimum Gasteiger partial charge on any atom is -0.467 e. The summed E-state index contributed by atoms with van der Waals surface area (Å²) in [5.41, 5.74) is 0.192. The molecule has 0 bridgehead atoms. The molecule has 0 atom stereocenters. The van der Waals surface area contributed by atoms with Crippen LogP contribution in [0.1, 0.15) is 21.5 Å². The molecule has 0 aromatic heterocycles. The number of benzene rings is 2. The largest absolute Gasteiger partial charge is 0.467 e. The summed E-state index contributed by atoms with van der Waals surface area (Å²) in [6.45, 7) is -0.283. The van der Waals surface area contributed by atoms with E-state index in [0.29, 0.717) is 17.4 Å². The predicted octanol–water partition coefficient (Wildman–Crippen LogP) is 3.10. The summed E-state index contributed by atoms with van der Waals surface area (Å²) in [7, 11) is 0. The number of hydrogen-bond donors (Lipinski definition) is 0. The Hall–Kier alpha value is -3.07. The van der Waals surface area contributed by atoms with Crippen molar-refractivity contribution in [3.63, 3.8) is 0 Å². The SMILES string of the molecule is O=C(OCc1cc([N+](=O)[O-])cc2c1OCOC2)c1cc(F)cc(F)c1. The Morgan fingerprint density at radius 3 is 2.60 bits per heavy atom. The molecule has 0 amide bonds. The molecular formula is C16H11F2NO6. The van der Waals surface area contributed by atoms with E-state index in [1.54, 1.807) is 0 Å². The first-order chi connectivity index (χ1) is 11.9. The standard InChI is InChI=1S/C16H11F2NO6/c17-12-1-9(2-13(18)5-12)16(20)24-7-11-4-14(19(21)22)3-10-6-23-8-25-15(10)11/h1-5H,6-8H2. The first-order valence-corrected chi connectivity index (χ1v) is 7.08. The lowest BCUT2D eigenvalue weighted by atomic mass is 10.1. The number of halogens is 2. The lowest BCUT2D eigenvalue weighted by Gasteiger charge is -2.20. The molecule has 0 unspecified atom stereocenters. The van der Waals surface area contributed by atoms with E-state index in [-0.39, 0.29) is 36.8 Å². The summed E-state index contributed by atoms with van der Waals surface area (Å²) in [6.07, 6.45) is 0. The fraction of sp³-hybridized carbons (Fsp3) is 0.188. The average Bonchev–Trinajstić information content (AvgIpc) is 2.58. The summed E-state index contributed by atoms with van der Waals surface area (Å²) in [5.74, 6) is -2.47. The number of nitro benzene ring substituents is 1. The molecule has 0 radical (unpaired) electrons. The molecular weight excluding hydrogens is 340 g/mol. The summed E-state index contributed by atoms with van der Waals surface area (Å²) in [5, 5.41) is 11.0. The van der Waals surface area contributed by atoms with Gasteiger partial charge < -0.3 is 14.2 Å². The van der Waals surface area contributed by atoms with Crippen LogP contribution >= 0.6 is 0 Å². The third kappa shape index (κ3) is 3.72. The van der Waals surface area contributed by atoms with Crippen molar-refractivity contribution in [1.82, 2.24) is 0 Å². The third-order valence-corrected chi connectivity index (χ3v) is 3.44. The first-order valence-electron chi connectivity index (χ1n) is 7.08. The maximum absolute atomic E-state index is 13.2. The van der Waals surface area contributed by atoms with Gasteiger partial charge in [0, 0.05) is 29.3 Å². The number of hydrogen-bond acceptors (Lipinski definition) is 6. The lowest BCUT2D eigenvalue weighted by molar-refractivity contribution is -0.385. The molecule has 1 aliphatic rings. The van der Waals surface area contributed by atoms with Gasteiger partial charge in [0.15, 0.2) is 6.79 Å². The monoisotopic (exact) mass is 351 g/mol. The van der Waals surface area contributed by atoms with E-state index < -0.39 is 22.5 Å². The summed E-state index contributed by atoms with van der Waals surface area (Å²) >= 11 is 0. The lowest BCUT2D eigenvalue weighted by Crippen LogP contribution is -2.15. The van der Waals surface area contributed by atoms with Crippen molar-refractivity contribution in [2.45, 2.75) is 13.2 Å². The van der Waals surface area contributed by atoms with Gasteiger partial charge in [-0.2, -0.15) is 0 Å². The number of esters is 1. The molecule has 3 rings (SSSR count). The molecule has 25 heavy (non-hydrogen) atoms. The van der Waals surface area contributed by atoms with Crippen LogP contribution in [0.3, 0.4) is 0 Å². The zero-order valence-electron chi connectivity index (χ0n) is 12.7. The van der Waals surface area contributed by atoms with Gasteiger partial charge in [0.2, 0.25) is 0 Å². The molecule has 0 saturated carbocycles. The Kier molecular flexibility index (Phi) is 4.57. The molecule has 130 valence electrons. The molecule has 2 aromatic carbocycles. The van der Waals surface area contributed by atoms with Crippen molar-refractivity contribution in [3.8, 4) is 5.75 Å². The van der Waals surface area contributed by atoms with Crippen LogP contribution in [0.2, 0.25) is 0 Å². The van der Waals surface area contributed by atoms with Crippen molar-refractivity contribution in [2.24, 2.45) is 0 Å². The van der Waals surface area contributed by atoms with Crippen molar-refractivity contribution in [3.05, 3.63) is 68.8 Å². The van der Waals surface area contributed by atoms with E-state index in [1.807, 2.05) is 0 Å². The molecule has 0 fully saturated rings. The number of nitrogens with zero attached hydrogens (tertiary/aromatic N) is 1. The van der Waals surface area contributed by atoms with E-state index in [1.165, 1.54) is 12.1 Å². The van der Waals surface area contributed by atoms with E-state index in [9.17, 15) is 23.7 Å². The highest BCUT2D eigenvalue weighted by Gasteiger charge is 2.22. The molecule has 0 aliphatic carbocycles. The van der Waals surface area contributed by atoms with Gasteiger partial charge in [-0.1, -0.05) is 0 Å². The van der Waals surface area contributed by atoms with Crippen LogP contribution in [0.4, 0.5) is 14.5 Å². The summed E-state index contributed by atoms with van der Waals surface area (Å²) in [6, 6.07) is 4.81. The highest BCUT2D eigenvalue weighted by Crippen LogP contribution is 2.33. The van der Waals surface area contributed by atoms with Crippen molar-refractivity contribution in [2.75, 3.05) is 6.79 Å². The number of rotatable bonds is 4. The van der Waals surface area contributed by atoms with Gasteiger partial charge in [-0.3, -0.25) is 10.1 Å². The Morgan fingerprint density at radius 1 is 1.20 bits per heavy atom. The van der Waals surface area contributed by atoms with Gasteiger partial charge in [-0.25, -0.2) is 13.6 Å². The van der Waals surface area contributed by atoms with Crippen LogP contribution < -0.4 is 4.74 Å². The fourth-order valence-corrected chi connectivity index (χ4v) is 2.39. The van der Waals surface area contributed by atoms with E-state index in [4.69, 9.17) is 14.2 Å². The third-order valence-electron chi connectivity index (χ3n) is 3.44. The molecule has 0 spiro atoms. The summed E-state index contributed by atoms with van der Waals surface area (Å²) < 4.78 is 41.7. The number of non-ortho nitro benzene ring substituents is 1. The molecule has 9 heteroatoms.